The topological polar surface area (TPSA) is 115 Å². The van der Waals surface area contributed by atoms with E-state index in [1.54, 1.807) is 12.3 Å². The normalized spacial score (nSPS) is 16.9. The number of piperazine rings is 1. The molecule has 144 valence electrons. The van der Waals surface area contributed by atoms with Crippen molar-refractivity contribution >= 4 is 29.0 Å². The molecule has 0 aromatic carbocycles. The van der Waals surface area contributed by atoms with Crippen LogP contribution in [-0.2, 0) is 0 Å². The van der Waals surface area contributed by atoms with Gasteiger partial charge in [0.2, 0.25) is 5.95 Å². The van der Waals surface area contributed by atoms with E-state index in [0.717, 1.165) is 26.1 Å². The van der Waals surface area contributed by atoms with Gasteiger partial charge in [0, 0.05) is 38.9 Å². The molecule has 0 unspecified atom stereocenters. The Morgan fingerprint density at radius 1 is 1.41 bits per heavy atom. The van der Waals surface area contributed by atoms with Crippen molar-refractivity contribution in [2.75, 3.05) is 42.2 Å². The van der Waals surface area contributed by atoms with Crippen molar-refractivity contribution in [2.45, 2.75) is 32.7 Å². The van der Waals surface area contributed by atoms with E-state index >= 15 is 0 Å². The van der Waals surface area contributed by atoms with Crippen LogP contribution >= 0.6 is 0 Å². The van der Waals surface area contributed by atoms with Crippen LogP contribution in [0.15, 0.2) is 18.6 Å². The smallest absolute Gasteiger partial charge is 0.228 e. The SMILES string of the molecule is CCCC(=N)c1nc(N2CCN[C@H](C)C2)nc(Nc2ccncn2)c1NC. The van der Waals surface area contributed by atoms with Gasteiger partial charge < -0.3 is 26.3 Å². The third kappa shape index (κ3) is 4.48. The minimum Gasteiger partial charge on any atom is -0.383 e. The second kappa shape index (κ2) is 8.72. The van der Waals surface area contributed by atoms with Crippen molar-refractivity contribution < 1.29 is 0 Å². The van der Waals surface area contributed by atoms with E-state index in [-0.39, 0.29) is 0 Å². The summed E-state index contributed by atoms with van der Waals surface area (Å²) >= 11 is 0. The molecule has 0 spiro atoms. The summed E-state index contributed by atoms with van der Waals surface area (Å²) in [4.78, 5) is 19.8. The largest absolute Gasteiger partial charge is 0.383 e. The van der Waals surface area contributed by atoms with Crippen LogP contribution in [0.25, 0.3) is 0 Å². The van der Waals surface area contributed by atoms with Gasteiger partial charge in [-0.25, -0.2) is 15.0 Å². The first-order valence-corrected chi connectivity index (χ1v) is 9.31. The van der Waals surface area contributed by atoms with Crippen molar-refractivity contribution in [3.05, 3.63) is 24.3 Å². The maximum atomic E-state index is 8.49. The molecule has 4 N–H and O–H groups in total. The molecule has 1 atom stereocenters. The van der Waals surface area contributed by atoms with Gasteiger partial charge in [-0.1, -0.05) is 13.3 Å². The Hall–Kier alpha value is -2.81. The van der Waals surface area contributed by atoms with Crippen molar-refractivity contribution in [2.24, 2.45) is 0 Å². The molecule has 1 aliphatic rings. The van der Waals surface area contributed by atoms with Gasteiger partial charge in [-0.15, -0.1) is 0 Å². The molecule has 9 heteroatoms. The fourth-order valence-corrected chi connectivity index (χ4v) is 3.10. The first-order chi connectivity index (χ1) is 13.1. The van der Waals surface area contributed by atoms with Gasteiger partial charge in [0.15, 0.2) is 5.82 Å². The molecule has 3 rings (SSSR count). The predicted molar refractivity (Wildman–Crippen MR) is 108 cm³/mol. The van der Waals surface area contributed by atoms with Gasteiger partial charge >= 0.3 is 0 Å². The fourth-order valence-electron chi connectivity index (χ4n) is 3.10. The van der Waals surface area contributed by atoms with E-state index < -0.39 is 0 Å². The molecule has 0 saturated carbocycles. The maximum Gasteiger partial charge on any atom is 0.228 e. The summed E-state index contributed by atoms with van der Waals surface area (Å²) in [6.07, 6.45) is 4.71. The molecular formula is C18H27N9. The Morgan fingerprint density at radius 3 is 2.93 bits per heavy atom. The third-order valence-electron chi connectivity index (χ3n) is 4.41. The number of nitrogens with one attached hydrogen (secondary N) is 4. The van der Waals surface area contributed by atoms with E-state index in [2.05, 4.69) is 44.7 Å². The van der Waals surface area contributed by atoms with E-state index in [1.807, 2.05) is 7.05 Å². The van der Waals surface area contributed by atoms with Crippen LogP contribution in [0.2, 0.25) is 0 Å². The molecule has 27 heavy (non-hydrogen) atoms. The van der Waals surface area contributed by atoms with Gasteiger partial charge in [0.1, 0.15) is 23.5 Å². The summed E-state index contributed by atoms with van der Waals surface area (Å²) in [5.74, 6) is 1.89. The summed E-state index contributed by atoms with van der Waals surface area (Å²) < 4.78 is 0. The lowest BCUT2D eigenvalue weighted by Crippen LogP contribution is -2.50. The predicted octanol–water partition coefficient (Wildman–Crippen LogP) is 2.02. The summed E-state index contributed by atoms with van der Waals surface area (Å²) in [6, 6.07) is 2.15. The lowest BCUT2D eigenvalue weighted by molar-refractivity contribution is 0.479. The van der Waals surface area contributed by atoms with Crippen molar-refractivity contribution in [1.29, 1.82) is 5.41 Å². The number of aromatic nitrogens is 4. The lowest BCUT2D eigenvalue weighted by atomic mass is 10.1. The number of anilines is 4. The van der Waals surface area contributed by atoms with Crippen LogP contribution in [0.3, 0.4) is 0 Å². The van der Waals surface area contributed by atoms with Crippen molar-refractivity contribution in [3.8, 4) is 0 Å². The molecule has 1 saturated heterocycles. The Bertz CT molecular complexity index is 778. The zero-order valence-corrected chi connectivity index (χ0v) is 16.1. The average Bonchev–Trinajstić information content (AvgIpc) is 2.68. The summed E-state index contributed by atoms with van der Waals surface area (Å²) in [7, 11) is 1.82. The van der Waals surface area contributed by atoms with Crippen LogP contribution in [0.4, 0.5) is 23.3 Å². The highest BCUT2D eigenvalue weighted by atomic mass is 15.3. The number of nitrogens with zero attached hydrogens (tertiary/aromatic N) is 5. The first kappa shape index (κ1) is 19.0. The highest BCUT2D eigenvalue weighted by Gasteiger charge is 2.23. The zero-order chi connectivity index (χ0) is 19.2. The Labute approximate surface area is 159 Å². The second-order valence-corrected chi connectivity index (χ2v) is 6.60. The van der Waals surface area contributed by atoms with Gasteiger partial charge in [0.25, 0.3) is 0 Å². The quantitative estimate of drug-likeness (QED) is 0.548. The highest BCUT2D eigenvalue weighted by molar-refractivity contribution is 6.03. The van der Waals surface area contributed by atoms with E-state index in [1.165, 1.54) is 6.33 Å². The van der Waals surface area contributed by atoms with Gasteiger partial charge in [-0.2, -0.15) is 4.98 Å². The van der Waals surface area contributed by atoms with Crippen LogP contribution in [0, 0.1) is 5.41 Å². The van der Waals surface area contributed by atoms with E-state index in [9.17, 15) is 0 Å². The number of rotatable bonds is 7. The number of hydrogen-bond acceptors (Lipinski definition) is 9. The van der Waals surface area contributed by atoms with Crippen LogP contribution < -0.4 is 20.9 Å². The molecule has 0 aliphatic carbocycles. The molecule has 9 nitrogen and oxygen atoms in total. The number of hydrogen-bond donors (Lipinski definition) is 4. The summed E-state index contributed by atoms with van der Waals surface area (Å²) in [5.41, 5.74) is 1.84. The van der Waals surface area contributed by atoms with Gasteiger partial charge in [0.05, 0.1) is 5.71 Å². The fraction of sp³-hybridized carbons (Fsp3) is 0.500. The standard InChI is InChI=1S/C18H27N9/c1-4-5-13(19)15-16(20-3)17(24-14-6-7-21-11-23-14)26-18(25-15)27-9-8-22-12(2)10-27/h6-7,11-12,19-20,22H,4-5,8-10H2,1-3H3,(H,21,23,24,25,26)/t12-/m1/s1. The molecular weight excluding hydrogens is 342 g/mol. The van der Waals surface area contributed by atoms with E-state index in [0.29, 0.717) is 47.1 Å². The molecule has 1 fully saturated rings. The molecule has 1 aliphatic heterocycles. The zero-order valence-electron chi connectivity index (χ0n) is 16.1. The van der Waals surface area contributed by atoms with Crippen LogP contribution in [0.5, 0.6) is 0 Å². The Balaban J connectivity index is 2.04. The molecule has 2 aromatic rings. The van der Waals surface area contributed by atoms with Crippen LogP contribution in [0.1, 0.15) is 32.4 Å². The van der Waals surface area contributed by atoms with Gasteiger partial charge in [-0.05, 0) is 19.4 Å². The minimum atomic E-state index is 0.364. The third-order valence-corrected chi connectivity index (χ3v) is 4.41. The minimum absolute atomic E-state index is 0.364. The summed E-state index contributed by atoms with van der Waals surface area (Å²) in [6.45, 7) is 6.75. The molecule has 0 amide bonds. The molecule has 2 aromatic heterocycles. The monoisotopic (exact) mass is 369 g/mol. The molecule has 0 bridgehead atoms. The lowest BCUT2D eigenvalue weighted by Gasteiger charge is -2.32. The van der Waals surface area contributed by atoms with Crippen molar-refractivity contribution in [3.63, 3.8) is 0 Å². The Kier molecular flexibility index (Phi) is 6.12. The summed E-state index contributed by atoms with van der Waals surface area (Å²) in [5, 5.41) is 18.3. The van der Waals surface area contributed by atoms with Crippen molar-refractivity contribution in [1.82, 2.24) is 25.3 Å². The molecule has 0 radical (unpaired) electrons. The Morgan fingerprint density at radius 2 is 2.26 bits per heavy atom. The highest BCUT2D eigenvalue weighted by Crippen LogP contribution is 2.29. The van der Waals surface area contributed by atoms with Crippen LogP contribution in [-0.4, -0.2) is 58.4 Å². The maximum absolute atomic E-state index is 8.49. The van der Waals surface area contributed by atoms with Gasteiger partial charge in [-0.3, -0.25) is 0 Å². The second-order valence-electron chi connectivity index (χ2n) is 6.60. The first-order valence-electron chi connectivity index (χ1n) is 9.31. The molecule has 3 heterocycles. The average molecular weight is 369 g/mol. The van der Waals surface area contributed by atoms with E-state index in [4.69, 9.17) is 15.4 Å².